The van der Waals surface area contributed by atoms with Gasteiger partial charge in [-0.05, 0) is 60.0 Å². The van der Waals surface area contributed by atoms with Crippen molar-refractivity contribution in [2.24, 2.45) is 34.3 Å². The average Bonchev–Trinajstić information content (AvgIpc) is 3.31. The maximum atomic E-state index is 14.4. The largest absolute Gasteiger partial charge is 0.363 e. The van der Waals surface area contributed by atoms with Crippen molar-refractivity contribution in [2.75, 3.05) is 12.3 Å². The van der Waals surface area contributed by atoms with Crippen molar-refractivity contribution < 1.29 is 32.4 Å². The summed E-state index contributed by atoms with van der Waals surface area (Å²) in [6.07, 6.45) is 7.88. The minimum Gasteiger partial charge on any atom is -0.363 e. The molecule has 1 aliphatic heterocycles. The van der Waals surface area contributed by atoms with Crippen LogP contribution >= 0.6 is 0 Å². The molecule has 5 amide bonds. The molecule has 5 N–H and O–H groups in total. The first kappa shape index (κ1) is 36.7. The van der Waals surface area contributed by atoms with Crippen LogP contribution in [0.25, 0.3) is 0 Å². The molecule has 3 unspecified atom stereocenters. The second-order valence-electron chi connectivity index (χ2n) is 16.4. The quantitative estimate of drug-likeness (QED) is 0.239. The maximum Gasteiger partial charge on any atom is 0.315 e. The van der Waals surface area contributed by atoms with Crippen molar-refractivity contribution in [1.82, 2.24) is 25.8 Å². The van der Waals surface area contributed by atoms with Crippen molar-refractivity contribution >= 4 is 39.4 Å². The van der Waals surface area contributed by atoms with E-state index >= 15 is 0 Å². The minimum absolute atomic E-state index is 0.0425. The van der Waals surface area contributed by atoms with Crippen LogP contribution in [0.15, 0.2) is 29.4 Å². The number of ketones is 1. The van der Waals surface area contributed by atoms with E-state index in [9.17, 15) is 32.4 Å². The summed E-state index contributed by atoms with van der Waals surface area (Å²) in [5, 5.41) is 8.55. The first-order chi connectivity index (χ1) is 22.9. The second-order valence-corrected chi connectivity index (χ2v) is 18.3. The fraction of sp³-hybridized carbons (Fsp3) is 0.714. The number of aromatic nitrogens is 1. The first-order valence-corrected chi connectivity index (χ1v) is 19.2. The van der Waals surface area contributed by atoms with Crippen LogP contribution in [0.4, 0.5) is 4.79 Å². The van der Waals surface area contributed by atoms with Gasteiger partial charge < -0.3 is 26.6 Å². The molecule has 0 spiro atoms. The standard InChI is InChI=1S/C35H52N6O7S/c1-33(2,3)28(39-32(46)40-35(15-8-6-9-16-35)20-49(47,48)24-14-7-10-17-37-24)31(45)41-19-22-25(34(22,4)5)26(41)30(44)38-23(27(42)29(36)43)18-21-12-11-13-21/h7,10,14,17,21-23,25-26,28H,6,8-9,11-13,15-16,18-20H2,1-5H3,(H2,36,43)(H,38,44)(H2,39,40,46)/t22?,23?,25?,26-,28+/m0/s1. The van der Waals surface area contributed by atoms with Crippen LogP contribution in [-0.4, -0.2) is 83.8 Å². The summed E-state index contributed by atoms with van der Waals surface area (Å²) in [5.74, 6) is -3.15. The van der Waals surface area contributed by atoms with Gasteiger partial charge in [-0.3, -0.25) is 19.2 Å². The lowest BCUT2D eigenvalue weighted by Crippen LogP contribution is -2.64. The molecule has 2 heterocycles. The molecule has 49 heavy (non-hydrogen) atoms. The normalized spacial score (nSPS) is 25.6. The number of nitrogens with two attached hydrogens (primary N) is 1. The highest BCUT2D eigenvalue weighted by molar-refractivity contribution is 7.91. The molecule has 5 atom stereocenters. The highest BCUT2D eigenvalue weighted by Gasteiger charge is 2.70. The molecule has 270 valence electrons. The Hall–Kier alpha value is -3.55. The Morgan fingerprint density at radius 1 is 1.02 bits per heavy atom. The van der Waals surface area contributed by atoms with Gasteiger partial charge in [0.2, 0.25) is 17.6 Å². The molecular formula is C35H52N6O7S. The van der Waals surface area contributed by atoms with Crippen LogP contribution in [0.3, 0.4) is 0 Å². The van der Waals surface area contributed by atoms with Gasteiger partial charge in [-0.1, -0.05) is 79.2 Å². The smallest absolute Gasteiger partial charge is 0.315 e. The van der Waals surface area contributed by atoms with Crippen molar-refractivity contribution in [1.29, 1.82) is 0 Å². The monoisotopic (exact) mass is 700 g/mol. The summed E-state index contributed by atoms with van der Waals surface area (Å²) in [6.45, 7) is 9.82. The van der Waals surface area contributed by atoms with Crippen molar-refractivity contribution in [3.63, 3.8) is 0 Å². The third-order valence-corrected chi connectivity index (χ3v) is 13.2. The maximum absolute atomic E-state index is 14.4. The molecule has 1 saturated heterocycles. The molecule has 5 rings (SSSR count). The number of amides is 5. The van der Waals surface area contributed by atoms with E-state index in [-0.39, 0.29) is 33.9 Å². The predicted octanol–water partition coefficient (Wildman–Crippen LogP) is 2.48. The number of rotatable bonds is 12. The third kappa shape index (κ3) is 7.78. The van der Waals surface area contributed by atoms with Gasteiger partial charge in [-0.15, -0.1) is 0 Å². The Morgan fingerprint density at radius 3 is 2.24 bits per heavy atom. The molecular weight excluding hydrogens is 648 g/mol. The zero-order valence-corrected chi connectivity index (χ0v) is 30.1. The number of nitrogens with one attached hydrogen (secondary N) is 3. The minimum atomic E-state index is -3.83. The Morgan fingerprint density at radius 2 is 1.69 bits per heavy atom. The molecule has 13 nitrogen and oxygen atoms in total. The van der Waals surface area contributed by atoms with E-state index in [1.165, 1.54) is 17.2 Å². The Labute approximate surface area is 289 Å². The van der Waals surface area contributed by atoms with E-state index in [1.807, 2.05) is 34.6 Å². The van der Waals surface area contributed by atoms with Gasteiger partial charge in [0, 0.05) is 12.7 Å². The predicted molar refractivity (Wildman–Crippen MR) is 181 cm³/mol. The summed E-state index contributed by atoms with van der Waals surface area (Å²) < 4.78 is 26.8. The van der Waals surface area contributed by atoms with Crippen LogP contribution in [0.2, 0.25) is 0 Å². The molecule has 0 radical (unpaired) electrons. The summed E-state index contributed by atoms with van der Waals surface area (Å²) >= 11 is 0. The molecule has 3 aliphatic carbocycles. The van der Waals surface area contributed by atoms with Gasteiger partial charge in [0.1, 0.15) is 12.1 Å². The highest BCUT2D eigenvalue weighted by atomic mass is 32.2. The summed E-state index contributed by atoms with van der Waals surface area (Å²) in [4.78, 5) is 72.3. The fourth-order valence-electron chi connectivity index (χ4n) is 8.26. The number of carbonyl (C=O) groups is 5. The molecule has 1 aromatic heterocycles. The molecule has 4 fully saturated rings. The fourth-order valence-corrected chi connectivity index (χ4v) is 10.0. The van der Waals surface area contributed by atoms with Crippen LogP contribution in [0.1, 0.15) is 92.4 Å². The van der Waals surface area contributed by atoms with Gasteiger partial charge in [0.25, 0.3) is 5.91 Å². The Kier molecular flexibility index (Phi) is 10.2. The summed E-state index contributed by atoms with van der Waals surface area (Å²) in [7, 11) is -3.83. The molecule has 4 aliphatic rings. The van der Waals surface area contributed by atoms with E-state index in [2.05, 4.69) is 20.9 Å². The number of fused-ring (bicyclic) bond motifs is 1. The SMILES string of the molecule is CC1(C)C2CN(C(=O)[C@@H](NC(=O)NC3(CS(=O)(=O)c4ccccn4)CCCCC3)C(C)(C)C)[C@H](C(=O)NC(CC3CCC3)C(=O)C(N)=O)C21. The number of piperidine rings is 1. The molecule has 0 bridgehead atoms. The molecule has 14 heteroatoms. The number of likely N-dealkylation sites (tertiary alicyclic amines) is 1. The lowest BCUT2D eigenvalue weighted by molar-refractivity contribution is -0.145. The van der Waals surface area contributed by atoms with Gasteiger partial charge in [-0.2, -0.15) is 0 Å². The van der Waals surface area contributed by atoms with E-state index < -0.39 is 68.5 Å². The summed E-state index contributed by atoms with van der Waals surface area (Å²) in [6, 6.07) is 0.990. The van der Waals surface area contributed by atoms with E-state index in [1.54, 1.807) is 12.1 Å². The lowest BCUT2D eigenvalue weighted by atomic mass is 9.80. The van der Waals surface area contributed by atoms with Crippen molar-refractivity contribution in [3.8, 4) is 0 Å². The van der Waals surface area contributed by atoms with Crippen LogP contribution in [0.5, 0.6) is 0 Å². The molecule has 0 aromatic carbocycles. The summed E-state index contributed by atoms with van der Waals surface area (Å²) in [5.41, 5.74) is 3.29. The highest BCUT2D eigenvalue weighted by Crippen LogP contribution is 2.65. The lowest BCUT2D eigenvalue weighted by Gasteiger charge is -2.40. The number of carbonyl (C=O) groups excluding carboxylic acids is 5. The van der Waals surface area contributed by atoms with Crippen LogP contribution in [-0.2, 0) is 29.0 Å². The van der Waals surface area contributed by atoms with Gasteiger partial charge in [0.05, 0.1) is 17.3 Å². The van der Waals surface area contributed by atoms with E-state index in [0.717, 1.165) is 38.5 Å². The number of nitrogens with zero attached hydrogens (tertiary/aromatic N) is 2. The first-order valence-electron chi connectivity index (χ1n) is 17.5. The van der Waals surface area contributed by atoms with E-state index in [0.29, 0.717) is 25.8 Å². The molecule has 1 aromatic rings. The number of sulfone groups is 1. The number of urea groups is 1. The van der Waals surface area contributed by atoms with Gasteiger partial charge in [0.15, 0.2) is 14.9 Å². The zero-order chi connectivity index (χ0) is 35.9. The third-order valence-electron chi connectivity index (χ3n) is 11.4. The van der Waals surface area contributed by atoms with Crippen LogP contribution in [0, 0.1) is 28.6 Å². The Balaban J connectivity index is 1.35. The van der Waals surface area contributed by atoms with Crippen molar-refractivity contribution in [2.45, 2.75) is 121 Å². The number of Topliss-reactive ketones (excluding diaryl/α,β-unsaturated/α-hetero) is 1. The number of primary amides is 1. The number of pyridine rings is 1. The zero-order valence-electron chi connectivity index (χ0n) is 29.3. The van der Waals surface area contributed by atoms with Crippen LogP contribution < -0.4 is 21.7 Å². The second kappa shape index (κ2) is 13.6. The molecule has 3 saturated carbocycles. The van der Waals surface area contributed by atoms with Crippen molar-refractivity contribution in [3.05, 3.63) is 24.4 Å². The van der Waals surface area contributed by atoms with Gasteiger partial charge in [-0.25, -0.2) is 18.2 Å². The average molecular weight is 701 g/mol. The topological polar surface area (TPSA) is 198 Å². The van der Waals surface area contributed by atoms with E-state index in [4.69, 9.17) is 5.73 Å². The number of hydrogen-bond donors (Lipinski definition) is 4. The number of hydrogen-bond acceptors (Lipinski definition) is 8. The Bertz CT molecular complexity index is 1560. The van der Waals surface area contributed by atoms with Gasteiger partial charge >= 0.3 is 6.03 Å².